The molecule has 0 saturated carbocycles. The zero-order valence-electron chi connectivity index (χ0n) is 53.2. The highest BCUT2D eigenvalue weighted by Crippen LogP contribution is 2.51. The molecule has 0 amide bonds. The number of nitrogens with zero attached hydrogens (tertiary/aromatic N) is 9. The van der Waals surface area contributed by atoms with Gasteiger partial charge in [0.05, 0.1) is 81.9 Å². The van der Waals surface area contributed by atoms with Crippen LogP contribution in [0.15, 0.2) is 297 Å². The molecule has 0 aliphatic rings. The summed E-state index contributed by atoms with van der Waals surface area (Å²) in [6.45, 7) is 0. The predicted octanol–water partition coefficient (Wildman–Crippen LogP) is 23.4. The van der Waals surface area contributed by atoms with E-state index in [1.807, 2.05) is 0 Å². The minimum absolute atomic E-state index is 0.630. The number of thiophene rings is 1. The van der Waals surface area contributed by atoms with Crippen LogP contribution in [0.5, 0.6) is 0 Å². The van der Waals surface area contributed by atoms with Crippen LogP contribution in [0.4, 0.5) is 0 Å². The molecule has 0 unspecified atom stereocenters. The van der Waals surface area contributed by atoms with Crippen molar-refractivity contribution in [2.24, 2.45) is 0 Å². The number of hydrogen-bond donors (Lipinski definition) is 0. The van der Waals surface area contributed by atoms with Crippen LogP contribution in [0, 0.1) is 0 Å². The van der Waals surface area contributed by atoms with Crippen molar-refractivity contribution >= 4 is 184 Å². The van der Waals surface area contributed by atoms with Gasteiger partial charge in [0.2, 0.25) is 5.95 Å². The van der Waals surface area contributed by atoms with Gasteiger partial charge in [-0.15, -0.1) is 11.3 Å². The topological polar surface area (TPSA) is 75.2 Å². The highest BCUT2D eigenvalue weighted by atomic mass is 32.1. The first kappa shape index (κ1) is 52.9. The lowest BCUT2D eigenvalue weighted by molar-refractivity contribution is 0.977. The molecule has 14 aromatic carbocycles. The van der Waals surface area contributed by atoms with Gasteiger partial charge in [-0.2, -0.15) is 4.98 Å². The lowest BCUT2D eigenvalue weighted by atomic mass is 9.98. The molecule has 460 valence electrons. The first-order valence-corrected chi connectivity index (χ1v) is 34.8. The Morgan fingerprint density at radius 3 is 1.33 bits per heavy atom. The zero-order chi connectivity index (χ0) is 64.7. The van der Waals surface area contributed by atoms with E-state index < -0.39 is 0 Å². The molecule has 0 aliphatic carbocycles. The number of fused-ring (bicyclic) bond motifs is 27. The van der Waals surface area contributed by atoms with Gasteiger partial charge in [-0.25, -0.2) is 15.0 Å². The maximum atomic E-state index is 5.92. The molecular formula is C90H49N9S. The van der Waals surface area contributed by atoms with E-state index in [1.165, 1.54) is 108 Å². The number of rotatable bonds is 6. The Morgan fingerprint density at radius 1 is 0.240 bits per heavy atom. The third-order valence-electron chi connectivity index (χ3n) is 21.8. The molecule has 0 fully saturated rings. The van der Waals surface area contributed by atoms with E-state index in [2.05, 4.69) is 320 Å². The number of hydrogen-bond acceptors (Lipinski definition) is 5. The van der Waals surface area contributed by atoms with Crippen LogP contribution in [-0.4, -0.2) is 42.4 Å². The summed E-state index contributed by atoms with van der Waals surface area (Å²) in [6, 6.07) is 109. The van der Waals surface area contributed by atoms with E-state index >= 15 is 0 Å². The first-order chi connectivity index (χ1) is 49.6. The van der Waals surface area contributed by atoms with E-state index in [4.69, 9.17) is 19.9 Å². The molecule has 0 radical (unpaired) electrons. The lowest BCUT2D eigenvalue weighted by Crippen LogP contribution is -2.06. The Bertz CT molecular complexity index is 7710. The van der Waals surface area contributed by atoms with E-state index in [1.54, 1.807) is 11.3 Å². The fourth-order valence-corrected chi connectivity index (χ4v) is 18.7. The smallest absolute Gasteiger partial charge is 0.237 e. The second kappa shape index (κ2) is 19.3. The van der Waals surface area contributed by atoms with Gasteiger partial charge in [-0.1, -0.05) is 206 Å². The Morgan fingerprint density at radius 2 is 0.670 bits per heavy atom. The van der Waals surface area contributed by atoms with E-state index in [9.17, 15) is 0 Å². The van der Waals surface area contributed by atoms with Crippen molar-refractivity contribution in [3.63, 3.8) is 0 Å². The summed E-state index contributed by atoms with van der Waals surface area (Å²) in [5, 5.41) is 18.9. The number of benzene rings is 14. The molecular weight excluding hydrogens is 1240 g/mol. The van der Waals surface area contributed by atoms with E-state index in [0.29, 0.717) is 11.8 Å². The SMILES string of the molecule is c1ccc(-c2ccc(-c3nc(-n4c5ccccc5c5c6c7cc(-c8ccc9c(c8)c8ccccc8n9-c8nc(-n9c%10ccccc%10c%10c%11c%12ccccc%12n%12c%13ccccc%13c(cc%109)c%11%12)nc9c8sc8ccccc89)ccc7n7c8ccccc8c(cc54)c67)c4ccccc4n3)cc2)cc1. The predicted molar refractivity (Wildman–Crippen MR) is 417 cm³/mol. The highest BCUT2D eigenvalue weighted by molar-refractivity contribution is 7.26. The Kier molecular flexibility index (Phi) is 10.2. The molecule has 0 saturated heterocycles. The Hall–Kier alpha value is -13.3. The van der Waals surface area contributed by atoms with Crippen molar-refractivity contribution in [1.29, 1.82) is 0 Å². The van der Waals surface area contributed by atoms with Gasteiger partial charge < -0.3 is 8.80 Å². The molecule has 9 nitrogen and oxygen atoms in total. The largest absolute Gasteiger partial charge is 0.308 e. The molecule has 24 rings (SSSR count). The van der Waals surface area contributed by atoms with Crippen molar-refractivity contribution in [3.05, 3.63) is 297 Å². The monoisotopic (exact) mass is 1290 g/mol. The molecule has 0 aliphatic heterocycles. The molecule has 10 aromatic heterocycles. The summed E-state index contributed by atoms with van der Waals surface area (Å²) >= 11 is 1.77. The van der Waals surface area contributed by atoms with Crippen LogP contribution in [-0.2, 0) is 0 Å². The maximum Gasteiger partial charge on any atom is 0.237 e. The maximum absolute atomic E-state index is 5.92. The van der Waals surface area contributed by atoms with Crippen LogP contribution >= 0.6 is 11.3 Å². The lowest BCUT2D eigenvalue weighted by Gasteiger charge is -2.13. The Labute approximate surface area is 571 Å². The number of aromatic nitrogens is 9. The quantitative estimate of drug-likeness (QED) is 0.166. The highest BCUT2D eigenvalue weighted by Gasteiger charge is 2.30. The molecule has 24 aromatic rings. The van der Waals surface area contributed by atoms with Gasteiger partial charge >= 0.3 is 0 Å². The van der Waals surface area contributed by atoms with Crippen molar-refractivity contribution in [2.75, 3.05) is 0 Å². The molecule has 10 heteroatoms. The van der Waals surface area contributed by atoms with E-state index in [0.717, 1.165) is 104 Å². The van der Waals surface area contributed by atoms with Gasteiger partial charge in [-0.05, 0) is 113 Å². The van der Waals surface area contributed by atoms with Crippen LogP contribution < -0.4 is 0 Å². The number of para-hydroxylation sites is 7. The van der Waals surface area contributed by atoms with Crippen molar-refractivity contribution < 1.29 is 0 Å². The normalized spacial score (nSPS) is 12.6. The van der Waals surface area contributed by atoms with Gasteiger partial charge in [0.25, 0.3) is 0 Å². The summed E-state index contributed by atoms with van der Waals surface area (Å²) in [4.78, 5) is 22.5. The third-order valence-corrected chi connectivity index (χ3v) is 22.9. The minimum atomic E-state index is 0.630. The molecule has 10 heterocycles. The van der Waals surface area contributed by atoms with Gasteiger partial charge in [0, 0.05) is 96.4 Å². The van der Waals surface area contributed by atoms with Gasteiger partial charge in [0.15, 0.2) is 11.6 Å². The van der Waals surface area contributed by atoms with Gasteiger partial charge in [-0.3, -0.25) is 13.7 Å². The summed E-state index contributed by atoms with van der Waals surface area (Å²) in [5.74, 6) is 3.01. The average Bonchev–Trinajstić information content (AvgIpc) is 1.52. The zero-order valence-corrected chi connectivity index (χ0v) is 54.0. The van der Waals surface area contributed by atoms with Gasteiger partial charge in [0.1, 0.15) is 5.82 Å². The minimum Gasteiger partial charge on any atom is -0.308 e. The second-order valence-electron chi connectivity index (χ2n) is 26.8. The van der Waals surface area contributed by atoms with Crippen LogP contribution in [0.25, 0.3) is 224 Å². The third kappa shape index (κ3) is 6.84. The Balaban J connectivity index is 0.729. The summed E-state index contributed by atoms with van der Waals surface area (Å²) < 4.78 is 14.3. The fraction of sp³-hybridized carbons (Fsp3) is 0. The molecule has 0 spiro atoms. The summed E-state index contributed by atoms with van der Waals surface area (Å²) in [6.07, 6.45) is 0. The summed E-state index contributed by atoms with van der Waals surface area (Å²) in [7, 11) is 0. The molecule has 0 atom stereocenters. The molecule has 0 N–H and O–H groups in total. The molecule has 100 heavy (non-hydrogen) atoms. The van der Waals surface area contributed by atoms with E-state index in [-0.39, 0.29) is 0 Å². The second-order valence-corrected chi connectivity index (χ2v) is 27.8. The standard InChI is InChI=1S/C90H49N9S/c1-2-20-50(21-3-1)51-38-40-52(41-39-51)87-91-67-30-12-4-25-58(67)88(93-87)98-72-35-17-8-26-59(72)79-76(98)48-64-56-23-7-14-32-69(56)96-75-45-43-54(47-66(75)82(79)85(64)96)53-42-44-74-63(46-53)55-22-5-15-33-70(55)97(74)89-86-83(62-29-11-19-37-78(62)100-86)92-90(94-89)99-73-36-18-9-27-60(73)80-77(99)49-65-57-24-6-13-31-68(57)95-71-34-16-10-28-61(71)81(80)84(65)95/h1-49H. The van der Waals surface area contributed by atoms with Crippen LogP contribution in [0.1, 0.15) is 0 Å². The average molecular weight is 1290 g/mol. The summed E-state index contributed by atoms with van der Waals surface area (Å²) in [5.41, 5.74) is 21.1. The van der Waals surface area contributed by atoms with Crippen LogP contribution in [0.3, 0.4) is 0 Å². The first-order valence-electron chi connectivity index (χ1n) is 34.0. The fourth-order valence-electron chi connectivity index (χ4n) is 17.6. The van der Waals surface area contributed by atoms with Crippen molar-refractivity contribution in [2.45, 2.75) is 0 Å². The van der Waals surface area contributed by atoms with Crippen molar-refractivity contribution in [3.8, 4) is 51.2 Å². The molecule has 0 bridgehead atoms. The van der Waals surface area contributed by atoms with Crippen LogP contribution in [0.2, 0.25) is 0 Å². The van der Waals surface area contributed by atoms with Crippen molar-refractivity contribution in [1.82, 2.24) is 42.4 Å².